The van der Waals surface area contributed by atoms with Crippen LogP contribution in [0.2, 0.25) is 0 Å². The molecule has 2 heterocycles. The molecule has 10 atom stereocenters. The van der Waals surface area contributed by atoms with Crippen molar-refractivity contribution in [3.05, 3.63) is 42.0 Å². The van der Waals surface area contributed by atoms with E-state index < -0.39 is 85.0 Å². The fourth-order valence-electron chi connectivity index (χ4n) is 4.62. The predicted octanol–water partition coefficient (Wildman–Crippen LogP) is -1.68. The Kier molecular flexibility index (Phi) is 10.2. The molecule has 0 saturated carbocycles. The highest BCUT2D eigenvalue weighted by Gasteiger charge is 2.58. The fraction of sp³-hybridized carbons (Fsp3) is 0.560. The SMILES string of the molecule is [B]C1(O[C@@H]2OC(C(=O)O)C(OC)[C@H](O)C2OC(=O)C=Cc2ccccc2)C(O)C(CO)O[C@@H](C)C1NC(C)=O. The molecule has 1 amide bonds. The van der Waals surface area contributed by atoms with E-state index in [1.807, 2.05) is 0 Å². The number of carbonyl (C=O) groups excluding carboxylic acids is 2. The van der Waals surface area contributed by atoms with Crippen LogP contribution in [0.4, 0.5) is 0 Å². The maximum Gasteiger partial charge on any atom is 0.335 e. The zero-order valence-electron chi connectivity index (χ0n) is 21.6. The second kappa shape index (κ2) is 13.0. The Morgan fingerprint density at radius 1 is 1.15 bits per heavy atom. The van der Waals surface area contributed by atoms with Gasteiger partial charge in [0.25, 0.3) is 0 Å². The second-order valence-electron chi connectivity index (χ2n) is 9.26. The number of hydrogen-bond acceptors (Lipinski definition) is 11. The normalized spacial score (nSPS) is 36.8. The summed E-state index contributed by atoms with van der Waals surface area (Å²) in [7, 11) is 7.61. The molecule has 2 aliphatic rings. The monoisotopic (exact) mass is 549 g/mol. The number of aliphatic carboxylic acids is 1. The molecule has 1 aromatic carbocycles. The minimum atomic E-state index is -2.27. The maximum absolute atomic E-state index is 12.7. The van der Waals surface area contributed by atoms with Crippen molar-refractivity contribution in [2.75, 3.05) is 13.7 Å². The van der Waals surface area contributed by atoms with Crippen LogP contribution >= 0.6 is 0 Å². The van der Waals surface area contributed by atoms with Crippen molar-refractivity contribution in [3.63, 3.8) is 0 Å². The molecule has 5 N–H and O–H groups in total. The van der Waals surface area contributed by atoms with Gasteiger partial charge in [0.1, 0.15) is 32.3 Å². The van der Waals surface area contributed by atoms with Gasteiger partial charge in [0.15, 0.2) is 18.5 Å². The molecule has 0 spiro atoms. The molecule has 212 valence electrons. The van der Waals surface area contributed by atoms with E-state index in [0.717, 1.165) is 13.2 Å². The van der Waals surface area contributed by atoms with E-state index in [-0.39, 0.29) is 0 Å². The van der Waals surface area contributed by atoms with E-state index >= 15 is 0 Å². The van der Waals surface area contributed by atoms with Gasteiger partial charge in [-0.15, -0.1) is 0 Å². The summed E-state index contributed by atoms with van der Waals surface area (Å²) in [6, 6.07) is 7.53. The van der Waals surface area contributed by atoms with Crippen LogP contribution in [0, 0.1) is 0 Å². The molecule has 0 bridgehead atoms. The van der Waals surface area contributed by atoms with Crippen molar-refractivity contribution < 1.29 is 58.5 Å². The van der Waals surface area contributed by atoms with Gasteiger partial charge in [0, 0.05) is 20.1 Å². The van der Waals surface area contributed by atoms with E-state index in [2.05, 4.69) is 5.32 Å². The van der Waals surface area contributed by atoms with Gasteiger partial charge in [-0.05, 0) is 18.6 Å². The van der Waals surface area contributed by atoms with Gasteiger partial charge >= 0.3 is 11.9 Å². The van der Waals surface area contributed by atoms with Crippen LogP contribution in [0.5, 0.6) is 0 Å². The number of rotatable bonds is 9. The number of esters is 1. The third-order valence-corrected chi connectivity index (χ3v) is 6.52. The Balaban J connectivity index is 1.96. The molecule has 2 fully saturated rings. The number of ether oxygens (including phenoxy) is 5. The molecule has 2 aliphatic heterocycles. The molecular formula is C25H32BNO12. The van der Waals surface area contributed by atoms with E-state index in [9.17, 15) is 34.8 Å². The summed E-state index contributed by atoms with van der Waals surface area (Å²) in [6.07, 6.45) is -10.1. The van der Waals surface area contributed by atoms with Crippen molar-refractivity contribution in [2.24, 2.45) is 0 Å². The summed E-state index contributed by atoms with van der Waals surface area (Å²) in [4.78, 5) is 36.5. The van der Waals surface area contributed by atoms with Gasteiger partial charge in [-0.2, -0.15) is 0 Å². The minimum Gasteiger partial charge on any atom is -0.479 e. The zero-order chi connectivity index (χ0) is 28.9. The van der Waals surface area contributed by atoms with Crippen molar-refractivity contribution in [3.8, 4) is 0 Å². The topological polar surface area (TPSA) is 190 Å². The Bertz CT molecular complexity index is 1040. The van der Waals surface area contributed by atoms with E-state index in [1.165, 1.54) is 19.9 Å². The number of carboxylic acid groups (broad SMARTS) is 1. The first-order valence-corrected chi connectivity index (χ1v) is 12.1. The number of methoxy groups -OCH3 is 1. The summed E-state index contributed by atoms with van der Waals surface area (Å²) in [6.45, 7) is 2.01. The molecule has 2 radical (unpaired) electrons. The Labute approximate surface area is 226 Å². The quantitative estimate of drug-likeness (QED) is 0.134. The Morgan fingerprint density at radius 3 is 2.38 bits per heavy atom. The molecule has 7 unspecified atom stereocenters. The lowest BCUT2D eigenvalue weighted by atomic mass is 9.66. The minimum absolute atomic E-state index is 0.565. The van der Waals surface area contributed by atoms with Gasteiger partial charge in [-0.3, -0.25) is 4.79 Å². The third-order valence-electron chi connectivity index (χ3n) is 6.52. The first kappa shape index (κ1) is 30.7. The smallest absolute Gasteiger partial charge is 0.335 e. The van der Waals surface area contributed by atoms with Gasteiger partial charge in [0.2, 0.25) is 5.91 Å². The number of nitrogens with one attached hydrogen (secondary N) is 1. The van der Waals surface area contributed by atoms with Crippen LogP contribution in [0.15, 0.2) is 36.4 Å². The van der Waals surface area contributed by atoms with Crippen LogP contribution in [-0.2, 0) is 38.1 Å². The zero-order valence-corrected chi connectivity index (χ0v) is 21.6. The lowest BCUT2D eigenvalue weighted by molar-refractivity contribution is -0.338. The number of benzene rings is 1. The lowest BCUT2D eigenvalue weighted by Gasteiger charge is -2.53. The largest absolute Gasteiger partial charge is 0.479 e. The number of aliphatic hydroxyl groups is 3. The van der Waals surface area contributed by atoms with Crippen molar-refractivity contribution in [1.82, 2.24) is 5.32 Å². The molecule has 13 nitrogen and oxygen atoms in total. The van der Waals surface area contributed by atoms with Gasteiger partial charge in [-0.1, -0.05) is 30.3 Å². The van der Waals surface area contributed by atoms with Gasteiger partial charge in [0.05, 0.1) is 24.3 Å². The average molecular weight is 549 g/mol. The van der Waals surface area contributed by atoms with E-state index in [1.54, 1.807) is 30.3 Å². The summed E-state index contributed by atoms with van der Waals surface area (Å²) < 4.78 is 27.5. The highest BCUT2D eigenvalue weighted by atomic mass is 16.7. The van der Waals surface area contributed by atoms with Crippen LogP contribution in [0.1, 0.15) is 19.4 Å². The first-order valence-electron chi connectivity index (χ1n) is 12.1. The lowest BCUT2D eigenvalue weighted by Crippen LogP contribution is -2.74. The fourth-order valence-corrected chi connectivity index (χ4v) is 4.62. The summed E-state index contributed by atoms with van der Waals surface area (Å²) in [5, 5.41) is 43.9. The van der Waals surface area contributed by atoms with Crippen LogP contribution < -0.4 is 5.32 Å². The third kappa shape index (κ3) is 6.84. The van der Waals surface area contributed by atoms with E-state index in [0.29, 0.717) is 5.56 Å². The second-order valence-corrected chi connectivity index (χ2v) is 9.26. The van der Waals surface area contributed by atoms with Crippen LogP contribution in [0.25, 0.3) is 6.08 Å². The van der Waals surface area contributed by atoms with Crippen molar-refractivity contribution in [1.29, 1.82) is 0 Å². The molecule has 3 rings (SSSR count). The van der Waals surface area contributed by atoms with Crippen molar-refractivity contribution >= 4 is 31.8 Å². The van der Waals surface area contributed by atoms with E-state index in [4.69, 9.17) is 31.5 Å². The molecular weight excluding hydrogens is 517 g/mol. The molecule has 14 heteroatoms. The van der Waals surface area contributed by atoms with Crippen LogP contribution in [0.3, 0.4) is 0 Å². The molecule has 1 aromatic rings. The predicted molar refractivity (Wildman–Crippen MR) is 133 cm³/mol. The maximum atomic E-state index is 12.7. The number of hydrogen-bond donors (Lipinski definition) is 5. The molecule has 39 heavy (non-hydrogen) atoms. The van der Waals surface area contributed by atoms with Crippen LogP contribution in [-0.4, -0.2) is 120 Å². The highest BCUT2D eigenvalue weighted by molar-refractivity contribution is 6.16. The van der Waals surface area contributed by atoms with Crippen molar-refractivity contribution in [2.45, 2.75) is 74.4 Å². The summed E-state index contributed by atoms with van der Waals surface area (Å²) in [5.74, 6) is -3.03. The molecule has 0 aromatic heterocycles. The Morgan fingerprint density at radius 2 is 1.82 bits per heavy atom. The molecule has 0 aliphatic carbocycles. The summed E-state index contributed by atoms with van der Waals surface area (Å²) in [5.41, 5.74) is -1.59. The van der Waals surface area contributed by atoms with Gasteiger partial charge in [-0.25, -0.2) is 9.59 Å². The molecule has 2 saturated heterocycles. The number of amides is 1. The Hall–Kier alpha value is -2.85. The first-order chi connectivity index (χ1) is 18.4. The standard InChI is InChI=1S/C25H32BNO12/c1-12-21(27-13(2)29)25(26,22(32)15(11-28)36-12)39-24-19(17(31)18(35-3)20(38-24)23(33)34)37-16(30)10-9-14-7-5-4-6-8-14/h4-10,12,15,17-22,24,28,31-32H,11H2,1-3H3,(H,27,29)(H,33,34)/t12-,15?,17-,18?,19?,20?,21?,22?,24-,25?/m0/s1. The number of carbonyl (C=O) groups is 3. The highest BCUT2D eigenvalue weighted by Crippen LogP contribution is 2.36. The number of aliphatic hydroxyl groups excluding tert-OH is 3. The van der Waals surface area contributed by atoms with Gasteiger partial charge < -0.3 is 49.4 Å². The summed E-state index contributed by atoms with van der Waals surface area (Å²) >= 11 is 0. The number of carboxylic acids is 1. The average Bonchev–Trinajstić information content (AvgIpc) is 2.90.